The van der Waals surface area contributed by atoms with Crippen molar-refractivity contribution in [2.45, 2.75) is 19.4 Å². The third-order valence-corrected chi connectivity index (χ3v) is 5.10. The summed E-state index contributed by atoms with van der Waals surface area (Å²) in [5.41, 5.74) is 0.875. The molecule has 0 radical (unpaired) electrons. The molecule has 1 rings (SSSR count). The van der Waals surface area contributed by atoms with Crippen LogP contribution in [0.4, 0.5) is 0 Å². The molecule has 0 amide bonds. The molecule has 0 heterocycles. The number of hydrogen-bond donors (Lipinski definition) is 1. The SMILES string of the molecule is CCC(NS(=O)(=O)CBr)c1cccc(Cl)c1. The number of rotatable bonds is 5. The molecule has 0 bridgehead atoms. The number of sulfonamides is 1. The normalized spacial score (nSPS) is 13.7. The first-order valence-corrected chi connectivity index (χ1v) is 7.95. The van der Waals surface area contributed by atoms with E-state index in [2.05, 4.69) is 20.7 Å². The van der Waals surface area contributed by atoms with Gasteiger partial charge in [-0.2, -0.15) is 0 Å². The molecule has 90 valence electrons. The molecule has 1 N–H and O–H groups in total. The van der Waals surface area contributed by atoms with Gasteiger partial charge in [0.05, 0.1) is 0 Å². The molecule has 0 aromatic heterocycles. The molecule has 0 aliphatic heterocycles. The molecular formula is C10H13BrClNO2S. The molecular weight excluding hydrogens is 314 g/mol. The van der Waals surface area contributed by atoms with Crippen LogP contribution in [0.2, 0.25) is 5.02 Å². The lowest BCUT2D eigenvalue weighted by Crippen LogP contribution is -2.28. The Morgan fingerprint density at radius 3 is 2.69 bits per heavy atom. The highest BCUT2D eigenvalue weighted by Crippen LogP contribution is 2.21. The fraction of sp³-hybridized carbons (Fsp3) is 0.400. The van der Waals surface area contributed by atoms with E-state index < -0.39 is 10.0 Å². The quantitative estimate of drug-likeness (QED) is 0.845. The van der Waals surface area contributed by atoms with E-state index in [4.69, 9.17) is 11.6 Å². The van der Waals surface area contributed by atoms with Gasteiger partial charge in [-0.15, -0.1) is 0 Å². The summed E-state index contributed by atoms with van der Waals surface area (Å²) >= 11 is 8.80. The molecule has 3 nitrogen and oxygen atoms in total. The minimum atomic E-state index is -3.27. The summed E-state index contributed by atoms with van der Waals surface area (Å²) in [5.74, 6) is 0. The molecule has 16 heavy (non-hydrogen) atoms. The van der Waals surface area contributed by atoms with Crippen LogP contribution in [0.3, 0.4) is 0 Å². The summed E-state index contributed by atoms with van der Waals surface area (Å²) < 4.78 is 25.4. The zero-order valence-electron chi connectivity index (χ0n) is 8.78. The average molecular weight is 327 g/mol. The molecule has 0 fully saturated rings. The molecule has 1 aromatic carbocycles. The fourth-order valence-electron chi connectivity index (χ4n) is 1.36. The Bertz CT molecular complexity index is 450. The molecule has 0 saturated heterocycles. The number of benzene rings is 1. The predicted octanol–water partition coefficient (Wildman–Crippen LogP) is 3.06. The van der Waals surface area contributed by atoms with Gasteiger partial charge in [0.25, 0.3) is 0 Å². The minimum Gasteiger partial charge on any atom is -0.212 e. The lowest BCUT2D eigenvalue weighted by atomic mass is 10.1. The Balaban J connectivity index is 2.91. The second kappa shape index (κ2) is 6.00. The molecule has 0 spiro atoms. The highest BCUT2D eigenvalue weighted by molar-refractivity contribution is 9.10. The van der Waals surface area contributed by atoms with Crippen molar-refractivity contribution in [3.8, 4) is 0 Å². The summed E-state index contributed by atoms with van der Waals surface area (Å²) in [5, 5.41) is 0.606. The van der Waals surface area contributed by atoms with E-state index in [1.54, 1.807) is 12.1 Å². The van der Waals surface area contributed by atoms with Crippen LogP contribution in [0, 0.1) is 0 Å². The van der Waals surface area contributed by atoms with Gasteiger partial charge in [-0.1, -0.05) is 46.6 Å². The lowest BCUT2D eigenvalue weighted by molar-refractivity contribution is 0.555. The van der Waals surface area contributed by atoms with E-state index in [1.165, 1.54) is 0 Å². The Morgan fingerprint density at radius 1 is 1.50 bits per heavy atom. The van der Waals surface area contributed by atoms with Crippen LogP contribution in [0.15, 0.2) is 24.3 Å². The van der Waals surface area contributed by atoms with Gasteiger partial charge in [0.1, 0.15) is 4.66 Å². The van der Waals surface area contributed by atoms with Gasteiger partial charge in [0.15, 0.2) is 0 Å². The van der Waals surface area contributed by atoms with Crippen molar-refractivity contribution in [2.24, 2.45) is 0 Å². The van der Waals surface area contributed by atoms with E-state index >= 15 is 0 Å². The first-order valence-electron chi connectivity index (χ1n) is 4.80. The van der Waals surface area contributed by atoms with Gasteiger partial charge < -0.3 is 0 Å². The van der Waals surface area contributed by atoms with Gasteiger partial charge in [0.2, 0.25) is 10.0 Å². The third-order valence-electron chi connectivity index (χ3n) is 2.12. The first kappa shape index (κ1) is 14.0. The highest BCUT2D eigenvalue weighted by Gasteiger charge is 2.16. The summed E-state index contributed by atoms with van der Waals surface area (Å²) in [6.07, 6.45) is 0.673. The molecule has 6 heteroatoms. The average Bonchev–Trinajstić information content (AvgIpc) is 2.26. The van der Waals surface area contributed by atoms with Crippen molar-refractivity contribution in [2.75, 3.05) is 4.66 Å². The molecule has 0 saturated carbocycles. The van der Waals surface area contributed by atoms with Crippen LogP contribution in [0.1, 0.15) is 24.9 Å². The molecule has 1 unspecified atom stereocenters. The predicted molar refractivity (Wildman–Crippen MR) is 70.3 cm³/mol. The van der Waals surface area contributed by atoms with E-state index in [-0.39, 0.29) is 10.7 Å². The number of halogens is 2. The fourth-order valence-corrected chi connectivity index (χ4v) is 2.75. The zero-order valence-corrected chi connectivity index (χ0v) is 11.9. The Kier molecular flexibility index (Phi) is 5.24. The van der Waals surface area contributed by atoms with Crippen LogP contribution < -0.4 is 4.72 Å². The van der Waals surface area contributed by atoms with Crippen molar-refractivity contribution in [1.82, 2.24) is 4.72 Å². The summed E-state index contributed by atoms with van der Waals surface area (Å²) in [6, 6.07) is 6.96. The Labute approximate surface area is 109 Å². The van der Waals surface area contributed by atoms with Gasteiger partial charge >= 0.3 is 0 Å². The maximum atomic E-state index is 11.4. The van der Waals surface area contributed by atoms with Gasteiger partial charge in [0, 0.05) is 11.1 Å². The first-order chi connectivity index (χ1) is 7.48. The second-order valence-electron chi connectivity index (χ2n) is 3.36. The summed E-state index contributed by atoms with van der Waals surface area (Å²) in [6.45, 7) is 1.92. The van der Waals surface area contributed by atoms with E-state index in [0.717, 1.165) is 5.56 Å². The van der Waals surface area contributed by atoms with Crippen molar-refractivity contribution in [3.05, 3.63) is 34.9 Å². The maximum absolute atomic E-state index is 11.4. The minimum absolute atomic E-state index is 0.100. The second-order valence-corrected chi connectivity index (χ2v) is 6.85. The zero-order chi connectivity index (χ0) is 12.2. The van der Waals surface area contributed by atoms with Crippen molar-refractivity contribution in [3.63, 3.8) is 0 Å². The Morgan fingerprint density at radius 2 is 2.19 bits per heavy atom. The smallest absolute Gasteiger partial charge is 0.212 e. The van der Waals surface area contributed by atoms with Crippen LogP contribution in [0.5, 0.6) is 0 Å². The topological polar surface area (TPSA) is 46.2 Å². The number of hydrogen-bond acceptors (Lipinski definition) is 2. The van der Waals surface area contributed by atoms with Gasteiger partial charge in [-0.3, -0.25) is 0 Å². The van der Waals surface area contributed by atoms with E-state index in [9.17, 15) is 8.42 Å². The van der Waals surface area contributed by atoms with Crippen molar-refractivity contribution >= 4 is 37.6 Å². The van der Waals surface area contributed by atoms with Gasteiger partial charge in [-0.25, -0.2) is 13.1 Å². The molecule has 1 aromatic rings. The van der Waals surface area contributed by atoms with Crippen LogP contribution in [-0.4, -0.2) is 13.1 Å². The van der Waals surface area contributed by atoms with Crippen LogP contribution in [-0.2, 0) is 10.0 Å². The van der Waals surface area contributed by atoms with E-state index in [0.29, 0.717) is 11.4 Å². The summed E-state index contributed by atoms with van der Waals surface area (Å²) in [4.78, 5) is 0. The van der Waals surface area contributed by atoms with Crippen LogP contribution in [0.25, 0.3) is 0 Å². The van der Waals surface area contributed by atoms with Crippen LogP contribution >= 0.6 is 27.5 Å². The van der Waals surface area contributed by atoms with E-state index in [1.807, 2.05) is 19.1 Å². The molecule has 1 atom stereocenters. The standard InChI is InChI=1S/C10H13BrClNO2S/c1-2-10(13-16(14,15)7-11)8-4-3-5-9(12)6-8/h3-6,10,13H,2,7H2,1H3. The molecule has 0 aliphatic carbocycles. The molecule has 0 aliphatic rings. The Hall–Kier alpha value is -0.100. The summed E-state index contributed by atoms with van der Waals surface area (Å²) in [7, 11) is -3.27. The lowest BCUT2D eigenvalue weighted by Gasteiger charge is -2.16. The number of alkyl halides is 1. The number of nitrogens with one attached hydrogen (secondary N) is 1. The largest absolute Gasteiger partial charge is 0.222 e. The monoisotopic (exact) mass is 325 g/mol. The maximum Gasteiger partial charge on any atom is 0.222 e. The highest BCUT2D eigenvalue weighted by atomic mass is 79.9. The third kappa shape index (κ3) is 4.05. The van der Waals surface area contributed by atoms with Crippen molar-refractivity contribution < 1.29 is 8.42 Å². The van der Waals surface area contributed by atoms with Crippen molar-refractivity contribution in [1.29, 1.82) is 0 Å². The van der Waals surface area contributed by atoms with Gasteiger partial charge in [-0.05, 0) is 24.1 Å².